The molecule has 47 heavy (non-hydrogen) atoms. The third kappa shape index (κ3) is 10.5. The minimum Gasteiger partial charge on any atom is -0.493 e. The summed E-state index contributed by atoms with van der Waals surface area (Å²) in [4.78, 5) is 17.3. The van der Waals surface area contributed by atoms with Crippen LogP contribution in [0, 0.1) is 5.92 Å². The molecule has 0 saturated carbocycles. The molecular weight excluding hydrogens is 611 g/mol. The number of carbonyl (C=O) groups is 1. The Morgan fingerprint density at radius 2 is 1.57 bits per heavy atom. The van der Waals surface area contributed by atoms with Crippen molar-refractivity contribution in [3.8, 4) is 22.6 Å². The number of nitrogens with two attached hydrogens (primary N) is 2. The Hall–Kier alpha value is -5.07. The summed E-state index contributed by atoms with van der Waals surface area (Å²) in [5.74, 6) is 1.48. The molecular formula is C34H40F3N7O3. The molecule has 0 radical (unpaired) electrons. The fourth-order valence-electron chi connectivity index (χ4n) is 4.71. The molecule has 1 aromatic heterocycles. The molecule has 0 aliphatic rings. The van der Waals surface area contributed by atoms with Crippen LogP contribution in [-0.2, 0) is 24.1 Å². The number of para-hydroxylation sites is 2. The van der Waals surface area contributed by atoms with E-state index in [1.807, 2.05) is 48.5 Å². The Labute approximate surface area is 272 Å². The first-order valence-electron chi connectivity index (χ1n) is 15.3. The second-order valence-electron chi connectivity index (χ2n) is 11.4. The van der Waals surface area contributed by atoms with Gasteiger partial charge in [-0.15, -0.1) is 5.10 Å². The van der Waals surface area contributed by atoms with Gasteiger partial charge in [0.1, 0.15) is 29.8 Å². The van der Waals surface area contributed by atoms with Crippen molar-refractivity contribution in [1.82, 2.24) is 20.3 Å². The van der Waals surface area contributed by atoms with E-state index in [1.165, 1.54) is 16.8 Å². The molecule has 1 atom stereocenters. The Bertz CT molecular complexity index is 1620. The number of halogens is 3. The first-order chi connectivity index (χ1) is 22.5. The maximum Gasteiger partial charge on any atom is 0.416 e. The van der Waals surface area contributed by atoms with Gasteiger partial charge in [-0.05, 0) is 55.0 Å². The topological polar surface area (TPSA) is 143 Å². The summed E-state index contributed by atoms with van der Waals surface area (Å²) in [6.45, 7) is 5.33. The highest BCUT2D eigenvalue weighted by molar-refractivity contribution is 5.80. The van der Waals surface area contributed by atoms with Gasteiger partial charge in [-0.1, -0.05) is 67.6 Å². The van der Waals surface area contributed by atoms with Crippen molar-refractivity contribution in [3.05, 3.63) is 95.8 Å². The first kappa shape index (κ1) is 34.8. The summed E-state index contributed by atoms with van der Waals surface area (Å²) < 4.78 is 52.5. The van der Waals surface area contributed by atoms with Crippen LogP contribution in [0.5, 0.6) is 11.5 Å². The monoisotopic (exact) mass is 651 g/mol. The lowest BCUT2D eigenvalue weighted by atomic mass is 10.0. The summed E-state index contributed by atoms with van der Waals surface area (Å²) in [6, 6.07) is 19.3. The highest BCUT2D eigenvalue weighted by Crippen LogP contribution is 2.37. The van der Waals surface area contributed by atoms with Crippen molar-refractivity contribution in [2.45, 2.75) is 58.5 Å². The zero-order valence-corrected chi connectivity index (χ0v) is 26.4. The number of hydrogen-bond acceptors (Lipinski definition) is 6. The molecule has 0 bridgehead atoms. The molecule has 0 aliphatic heterocycles. The lowest BCUT2D eigenvalue weighted by Crippen LogP contribution is -2.33. The van der Waals surface area contributed by atoms with Crippen molar-refractivity contribution < 1.29 is 27.4 Å². The molecule has 1 heterocycles. The molecule has 3 aromatic carbocycles. The largest absolute Gasteiger partial charge is 0.493 e. The molecule has 0 unspecified atom stereocenters. The smallest absolute Gasteiger partial charge is 0.416 e. The van der Waals surface area contributed by atoms with Gasteiger partial charge in [-0.25, -0.2) is 4.68 Å². The number of carbonyl (C=O) groups excluding carboxylic acids is 1. The molecule has 13 heteroatoms. The van der Waals surface area contributed by atoms with Crippen LogP contribution in [0.2, 0.25) is 0 Å². The van der Waals surface area contributed by atoms with Crippen molar-refractivity contribution >= 4 is 11.9 Å². The van der Waals surface area contributed by atoms with Crippen LogP contribution in [0.3, 0.4) is 0 Å². The minimum atomic E-state index is -4.44. The number of rotatable bonds is 16. The van der Waals surface area contributed by atoms with Crippen molar-refractivity contribution in [2.24, 2.45) is 22.4 Å². The maximum absolute atomic E-state index is 13.3. The molecule has 4 rings (SSSR count). The Balaban J connectivity index is 1.45. The predicted octanol–water partition coefficient (Wildman–Crippen LogP) is 5.88. The second-order valence-corrected chi connectivity index (χ2v) is 11.4. The van der Waals surface area contributed by atoms with Crippen LogP contribution >= 0.6 is 0 Å². The van der Waals surface area contributed by atoms with Gasteiger partial charge < -0.3 is 26.3 Å². The molecule has 0 saturated heterocycles. The number of aliphatic imine (C=N–C) groups is 1. The summed E-state index contributed by atoms with van der Waals surface area (Å²) in [5, 5.41) is 11.2. The quantitative estimate of drug-likeness (QED) is 0.0780. The van der Waals surface area contributed by atoms with Gasteiger partial charge in [-0.2, -0.15) is 13.2 Å². The van der Waals surface area contributed by atoms with Crippen LogP contribution in [-0.4, -0.2) is 40.0 Å². The maximum atomic E-state index is 13.3. The van der Waals surface area contributed by atoms with Crippen LogP contribution in [0.25, 0.3) is 11.1 Å². The van der Waals surface area contributed by atoms with E-state index >= 15 is 0 Å². The Kier molecular flexibility index (Phi) is 12.2. The molecule has 250 valence electrons. The van der Waals surface area contributed by atoms with E-state index in [9.17, 15) is 18.0 Å². The van der Waals surface area contributed by atoms with Gasteiger partial charge in [0.05, 0.1) is 18.4 Å². The standard InChI is InChI=1S/C34H40F3N7O3/c1-23(2)17-19-46-30-11-5-3-8-27(30)28-9-4-6-12-31(28)47-22-26-21-44(43-42-26)29(10-7-18-40-33(38)39)32(45)41-20-24-13-15-25(16-14-24)34(35,36)37/h3-6,8-9,11-16,21,23,29H,7,10,17-20,22H2,1-2H3,(H,41,45)(H4,38,39,40)/t29-/m1/s1. The van der Waals surface area contributed by atoms with Gasteiger partial charge in [0.2, 0.25) is 5.91 Å². The van der Waals surface area contributed by atoms with E-state index in [1.54, 1.807) is 6.20 Å². The Morgan fingerprint density at radius 3 is 2.19 bits per heavy atom. The van der Waals surface area contributed by atoms with Gasteiger partial charge in [0.25, 0.3) is 0 Å². The van der Waals surface area contributed by atoms with E-state index in [4.69, 9.17) is 20.9 Å². The average Bonchev–Trinajstić information content (AvgIpc) is 3.51. The van der Waals surface area contributed by atoms with Crippen LogP contribution in [0.15, 0.2) is 84.0 Å². The van der Waals surface area contributed by atoms with Crippen LogP contribution in [0.1, 0.15) is 56.0 Å². The molecule has 0 spiro atoms. The van der Waals surface area contributed by atoms with E-state index in [0.717, 1.165) is 35.4 Å². The number of aromatic nitrogens is 3. The number of nitrogens with one attached hydrogen (secondary N) is 1. The van der Waals surface area contributed by atoms with Crippen molar-refractivity contribution in [2.75, 3.05) is 13.2 Å². The lowest BCUT2D eigenvalue weighted by Gasteiger charge is -2.17. The summed E-state index contributed by atoms with van der Waals surface area (Å²) in [5.41, 5.74) is 12.9. The summed E-state index contributed by atoms with van der Waals surface area (Å²) >= 11 is 0. The average molecular weight is 652 g/mol. The normalized spacial score (nSPS) is 12.0. The molecule has 5 N–H and O–H groups in total. The molecule has 0 aliphatic carbocycles. The van der Waals surface area contributed by atoms with Gasteiger partial charge in [0.15, 0.2) is 5.96 Å². The van der Waals surface area contributed by atoms with Crippen molar-refractivity contribution in [3.63, 3.8) is 0 Å². The van der Waals surface area contributed by atoms with Crippen LogP contribution in [0.4, 0.5) is 13.2 Å². The number of benzene rings is 3. The number of amides is 1. The molecule has 0 fully saturated rings. The predicted molar refractivity (Wildman–Crippen MR) is 173 cm³/mol. The zero-order chi connectivity index (χ0) is 33.8. The fraction of sp³-hybridized carbons (Fsp3) is 0.353. The number of nitrogens with zero attached hydrogens (tertiary/aromatic N) is 4. The highest BCUT2D eigenvalue weighted by Gasteiger charge is 2.30. The van der Waals surface area contributed by atoms with E-state index < -0.39 is 17.8 Å². The van der Waals surface area contributed by atoms with Gasteiger partial charge >= 0.3 is 6.18 Å². The number of alkyl halides is 3. The van der Waals surface area contributed by atoms with Crippen LogP contribution < -0.4 is 26.3 Å². The molecule has 4 aromatic rings. The summed E-state index contributed by atoms with van der Waals surface area (Å²) in [6.07, 6.45) is -1.08. The number of guanidine groups is 1. The molecule has 1 amide bonds. The zero-order valence-electron chi connectivity index (χ0n) is 26.4. The number of hydrogen-bond donors (Lipinski definition) is 3. The fourth-order valence-corrected chi connectivity index (χ4v) is 4.71. The third-order valence-electron chi connectivity index (χ3n) is 7.25. The van der Waals surface area contributed by atoms with E-state index in [0.29, 0.717) is 48.9 Å². The molecule has 10 nitrogen and oxygen atoms in total. The summed E-state index contributed by atoms with van der Waals surface area (Å²) in [7, 11) is 0. The lowest BCUT2D eigenvalue weighted by molar-refractivity contribution is -0.137. The highest BCUT2D eigenvalue weighted by atomic mass is 19.4. The van der Waals surface area contributed by atoms with E-state index in [2.05, 4.69) is 34.5 Å². The SMILES string of the molecule is CC(C)CCOc1ccccc1-c1ccccc1OCc1cn([C@H](CCCN=C(N)N)C(=O)NCc2ccc(C(F)(F)F)cc2)nn1. The van der Waals surface area contributed by atoms with Gasteiger partial charge in [0, 0.05) is 24.2 Å². The van der Waals surface area contributed by atoms with Gasteiger partial charge in [-0.3, -0.25) is 9.79 Å². The minimum absolute atomic E-state index is 0.0332. The second kappa shape index (κ2) is 16.5. The van der Waals surface area contributed by atoms with E-state index in [-0.39, 0.29) is 25.0 Å². The third-order valence-corrected chi connectivity index (χ3v) is 7.25. The first-order valence-corrected chi connectivity index (χ1v) is 15.3. The van der Waals surface area contributed by atoms with Crippen molar-refractivity contribution in [1.29, 1.82) is 0 Å². The Morgan fingerprint density at radius 1 is 0.936 bits per heavy atom. The number of ether oxygens (including phenoxy) is 2.